The quantitative estimate of drug-likeness (QED) is 0.559. The van der Waals surface area contributed by atoms with E-state index in [0.717, 1.165) is 24.2 Å². The Balaban J connectivity index is 1.37. The first-order chi connectivity index (χ1) is 16.4. The van der Waals surface area contributed by atoms with E-state index in [-0.39, 0.29) is 24.1 Å². The van der Waals surface area contributed by atoms with Crippen molar-refractivity contribution in [3.63, 3.8) is 0 Å². The number of carbonyl (C=O) groups is 1. The molecule has 0 radical (unpaired) electrons. The first-order valence-corrected chi connectivity index (χ1v) is 12.3. The Bertz CT molecular complexity index is 1240. The summed E-state index contributed by atoms with van der Waals surface area (Å²) in [5.74, 6) is 0.859. The van der Waals surface area contributed by atoms with Crippen LogP contribution in [0.15, 0.2) is 53.7 Å². The van der Waals surface area contributed by atoms with E-state index in [4.69, 9.17) is 10.5 Å². The molecule has 1 amide bonds. The molecule has 2 aromatic rings. The van der Waals surface area contributed by atoms with Crippen LogP contribution in [0.3, 0.4) is 0 Å². The van der Waals surface area contributed by atoms with Gasteiger partial charge < -0.3 is 26.0 Å². The SMILES string of the molecule is NC1=C(C(=O)Nc2ccccc2)C[C@@]2(O)[C@H]3Cc4ccc(O)c5c4[C@@]2(CCN3CC2CC2)[C@H]1O5. The van der Waals surface area contributed by atoms with E-state index in [1.807, 2.05) is 36.4 Å². The number of amides is 1. The number of likely N-dealkylation sites (tertiary alicyclic amines) is 1. The summed E-state index contributed by atoms with van der Waals surface area (Å²) in [6.45, 7) is 1.82. The van der Waals surface area contributed by atoms with Gasteiger partial charge in [-0.3, -0.25) is 9.69 Å². The Hall–Kier alpha value is -3.03. The molecule has 7 heteroatoms. The number of nitrogens with two attached hydrogens (primary N) is 1. The van der Waals surface area contributed by atoms with Gasteiger partial charge in [0.1, 0.15) is 0 Å². The Morgan fingerprint density at radius 2 is 2.00 bits per heavy atom. The van der Waals surface area contributed by atoms with Gasteiger partial charge >= 0.3 is 0 Å². The zero-order chi connectivity index (χ0) is 23.2. The summed E-state index contributed by atoms with van der Waals surface area (Å²) < 4.78 is 6.35. The van der Waals surface area contributed by atoms with Gasteiger partial charge in [0, 0.05) is 35.8 Å². The summed E-state index contributed by atoms with van der Waals surface area (Å²) in [5.41, 5.74) is 8.12. The van der Waals surface area contributed by atoms with Gasteiger partial charge in [0.05, 0.1) is 16.7 Å². The normalized spacial score (nSPS) is 33.3. The Morgan fingerprint density at radius 3 is 2.76 bits per heavy atom. The molecule has 176 valence electrons. The number of nitrogens with zero attached hydrogens (tertiary/aromatic N) is 1. The van der Waals surface area contributed by atoms with Crippen molar-refractivity contribution in [3.8, 4) is 11.5 Å². The summed E-state index contributed by atoms with van der Waals surface area (Å²) in [6, 6.07) is 12.8. The molecule has 2 aliphatic heterocycles. The lowest BCUT2D eigenvalue weighted by Crippen LogP contribution is -2.76. The monoisotopic (exact) mass is 459 g/mol. The summed E-state index contributed by atoms with van der Waals surface area (Å²) in [5, 5.41) is 26.3. The van der Waals surface area contributed by atoms with Crippen molar-refractivity contribution >= 4 is 11.6 Å². The van der Waals surface area contributed by atoms with Crippen molar-refractivity contribution in [1.82, 2.24) is 4.90 Å². The number of piperidine rings is 1. The first-order valence-electron chi connectivity index (χ1n) is 12.3. The molecule has 5 N–H and O–H groups in total. The fraction of sp³-hybridized carbons (Fsp3) is 0.444. The van der Waals surface area contributed by atoms with Crippen LogP contribution in [0.2, 0.25) is 0 Å². The van der Waals surface area contributed by atoms with Gasteiger partial charge in [-0.25, -0.2) is 0 Å². The first kappa shape index (κ1) is 20.4. The van der Waals surface area contributed by atoms with E-state index in [2.05, 4.69) is 10.2 Å². The molecule has 0 aromatic heterocycles. The van der Waals surface area contributed by atoms with Crippen molar-refractivity contribution in [1.29, 1.82) is 0 Å². The van der Waals surface area contributed by atoms with Crippen LogP contribution in [-0.2, 0) is 16.6 Å². The van der Waals surface area contributed by atoms with Crippen LogP contribution < -0.4 is 15.8 Å². The highest BCUT2D eigenvalue weighted by atomic mass is 16.5. The molecular formula is C27H29N3O4. The molecule has 3 aliphatic carbocycles. The summed E-state index contributed by atoms with van der Waals surface area (Å²) in [4.78, 5) is 15.9. The number of rotatable bonds is 4. The van der Waals surface area contributed by atoms with Gasteiger partial charge in [0.15, 0.2) is 17.6 Å². The van der Waals surface area contributed by atoms with Crippen LogP contribution in [0, 0.1) is 5.92 Å². The molecule has 0 unspecified atom stereocenters. The van der Waals surface area contributed by atoms with Crippen LogP contribution >= 0.6 is 0 Å². The van der Waals surface area contributed by atoms with E-state index in [1.165, 1.54) is 12.8 Å². The smallest absolute Gasteiger partial charge is 0.253 e. The van der Waals surface area contributed by atoms with Crippen LogP contribution in [0.25, 0.3) is 0 Å². The van der Waals surface area contributed by atoms with Crippen molar-refractivity contribution in [2.75, 3.05) is 18.4 Å². The van der Waals surface area contributed by atoms with E-state index in [9.17, 15) is 15.0 Å². The van der Waals surface area contributed by atoms with Gasteiger partial charge in [-0.1, -0.05) is 24.3 Å². The Labute approximate surface area is 198 Å². The molecule has 1 spiro atoms. The number of benzene rings is 2. The van der Waals surface area contributed by atoms with Crippen molar-refractivity contribution in [2.45, 2.75) is 55.3 Å². The van der Waals surface area contributed by atoms with Crippen LogP contribution in [0.4, 0.5) is 5.69 Å². The van der Waals surface area contributed by atoms with Gasteiger partial charge in [0.25, 0.3) is 5.91 Å². The number of aromatic hydroxyl groups is 1. The third-order valence-corrected chi connectivity index (χ3v) is 8.90. The number of para-hydroxylation sites is 1. The molecule has 7 nitrogen and oxygen atoms in total. The maximum Gasteiger partial charge on any atom is 0.253 e. The van der Waals surface area contributed by atoms with E-state index < -0.39 is 17.1 Å². The van der Waals surface area contributed by atoms with E-state index in [0.29, 0.717) is 41.5 Å². The maximum absolute atomic E-state index is 13.4. The number of carbonyl (C=O) groups excluding carboxylic acids is 1. The number of hydrogen-bond acceptors (Lipinski definition) is 6. The second kappa shape index (κ2) is 6.77. The molecular weight excluding hydrogens is 430 g/mol. The van der Waals surface area contributed by atoms with E-state index >= 15 is 0 Å². The zero-order valence-corrected chi connectivity index (χ0v) is 19.0. The van der Waals surface area contributed by atoms with Gasteiger partial charge in [-0.05, 0) is 61.9 Å². The minimum Gasteiger partial charge on any atom is -0.504 e. The average molecular weight is 460 g/mol. The molecule has 1 saturated carbocycles. The lowest BCUT2D eigenvalue weighted by Gasteiger charge is -2.63. The highest BCUT2D eigenvalue weighted by molar-refractivity contribution is 6.05. The zero-order valence-electron chi connectivity index (χ0n) is 19.0. The number of nitrogens with one attached hydrogen (secondary N) is 1. The largest absolute Gasteiger partial charge is 0.504 e. The molecule has 2 bridgehead atoms. The molecule has 7 rings (SSSR count). The molecule has 34 heavy (non-hydrogen) atoms. The number of anilines is 1. The van der Waals surface area contributed by atoms with Crippen LogP contribution in [0.1, 0.15) is 36.8 Å². The Morgan fingerprint density at radius 1 is 1.21 bits per heavy atom. The molecule has 2 fully saturated rings. The lowest BCUT2D eigenvalue weighted by atomic mass is 9.49. The number of ether oxygens (including phenoxy) is 1. The number of aliphatic hydroxyl groups is 1. The number of hydrogen-bond donors (Lipinski definition) is 4. The second-order valence-corrected chi connectivity index (χ2v) is 10.7. The third kappa shape index (κ3) is 2.51. The van der Waals surface area contributed by atoms with E-state index in [1.54, 1.807) is 6.07 Å². The lowest BCUT2D eigenvalue weighted by molar-refractivity contribution is -0.167. The molecule has 1 saturated heterocycles. The van der Waals surface area contributed by atoms with Gasteiger partial charge in [-0.15, -0.1) is 0 Å². The molecule has 4 atom stereocenters. The van der Waals surface area contributed by atoms with Gasteiger partial charge in [-0.2, -0.15) is 0 Å². The van der Waals surface area contributed by atoms with Crippen molar-refractivity contribution in [2.24, 2.45) is 11.7 Å². The predicted octanol–water partition coefficient (Wildman–Crippen LogP) is 2.42. The minimum absolute atomic E-state index is 0.0619. The predicted molar refractivity (Wildman–Crippen MR) is 126 cm³/mol. The third-order valence-electron chi connectivity index (χ3n) is 8.90. The fourth-order valence-corrected chi connectivity index (χ4v) is 7.16. The van der Waals surface area contributed by atoms with Crippen molar-refractivity contribution in [3.05, 3.63) is 64.9 Å². The molecule has 2 heterocycles. The summed E-state index contributed by atoms with van der Waals surface area (Å²) in [6.07, 6.45) is 3.30. The topological polar surface area (TPSA) is 108 Å². The highest BCUT2D eigenvalue weighted by Crippen LogP contribution is 2.66. The van der Waals surface area contributed by atoms with Gasteiger partial charge in [0.2, 0.25) is 0 Å². The van der Waals surface area contributed by atoms with Crippen LogP contribution in [0.5, 0.6) is 11.5 Å². The van der Waals surface area contributed by atoms with Crippen LogP contribution in [-0.4, -0.2) is 51.9 Å². The highest BCUT2D eigenvalue weighted by Gasteiger charge is 2.73. The summed E-state index contributed by atoms with van der Waals surface area (Å²) >= 11 is 0. The maximum atomic E-state index is 13.4. The van der Waals surface area contributed by atoms with Crippen molar-refractivity contribution < 1.29 is 19.7 Å². The minimum atomic E-state index is -1.22. The molecule has 2 aromatic carbocycles. The average Bonchev–Trinajstić information content (AvgIpc) is 3.56. The molecule has 5 aliphatic rings. The standard InChI is InChI=1S/C27H29N3O4/c28-22-18(25(32)29-17-4-2-1-3-5-17)13-27(33)20-12-16-8-9-19(31)23-21(16)26(27,24(22)34-23)10-11-30(20)14-15-6-7-15/h1-5,8-9,15,20,24,31,33H,6-7,10-14,28H2,(H,29,32)/t20-,24+,26+,27-/m1/s1. The number of phenols is 1. The summed E-state index contributed by atoms with van der Waals surface area (Å²) in [7, 11) is 0. The second-order valence-electron chi connectivity index (χ2n) is 10.7. The Kier molecular flexibility index (Phi) is 4.05. The number of phenolic OH excluding ortho intramolecular Hbond substituents is 1. The fourth-order valence-electron chi connectivity index (χ4n) is 7.16.